The molecule has 184 valence electrons. The molecule has 1 spiro atoms. The number of pyridine rings is 1. The third-order valence-corrected chi connectivity index (χ3v) is 7.02. The highest BCUT2D eigenvalue weighted by atomic mass is 19.4. The molecule has 1 aliphatic carbocycles. The molecule has 5 rings (SSSR count). The van der Waals surface area contributed by atoms with Crippen molar-refractivity contribution in [1.29, 1.82) is 0 Å². The van der Waals surface area contributed by atoms with E-state index in [-0.39, 0.29) is 27.9 Å². The fraction of sp³-hybridized carbons (Fsp3) is 0.455. The first-order valence-corrected chi connectivity index (χ1v) is 11.1. The number of aryl methyl sites for hydroxylation is 1. The Bertz CT molecular complexity index is 1370. The predicted molar refractivity (Wildman–Crippen MR) is 119 cm³/mol. The number of halogens is 3. The Hall–Kier alpha value is -3.77. The number of nitrogens with zero attached hydrogens (tertiary/aromatic N) is 6. The largest absolute Gasteiger partial charge is 0.481 e. The van der Waals surface area contributed by atoms with E-state index in [2.05, 4.69) is 25.0 Å². The molecule has 1 saturated heterocycles. The Morgan fingerprint density at radius 3 is 2.46 bits per heavy atom. The van der Waals surface area contributed by atoms with Crippen LogP contribution in [0.3, 0.4) is 0 Å². The van der Waals surface area contributed by atoms with E-state index in [0.29, 0.717) is 11.5 Å². The number of aliphatic carboxylic acids is 1. The second-order valence-electron chi connectivity index (χ2n) is 9.26. The molecule has 1 aliphatic heterocycles. The number of carboxylic acids is 1. The Labute approximate surface area is 196 Å². The van der Waals surface area contributed by atoms with Gasteiger partial charge in [-0.25, -0.2) is 15.0 Å². The van der Waals surface area contributed by atoms with Crippen LogP contribution >= 0.6 is 0 Å². The number of carboxylic acid groups (broad SMARTS) is 1. The van der Waals surface area contributed by atoms with Crippen molar-refractivity contribution in [3.63, 3.8) is 0 Å². The summed E-state index contributed by atoms with van der Waals surface area (Å²) < 4.78 is 40.2. The smallest absolute Gasteiger partial charge is 0.451 e. The van der Waals surface area contributed by atoms with Crippen LogP contribution in [0.5, 0.6) is 0 Å². The molecular formula is C22H22F3N7O3. The molecule has 2 fully saturated rings. The summed E-state index contributed by atoms with van der Waals surface area (Å²) in [6.45, 7) is 2.94. The van der Waals surface area contributed by atoms with Gasteiger partial charge in [-0.05, 0) is 50.2 Å². The van der Waals surface area contributed by atoms with E-state index >= 15 is 0 Å². The third kappa shape index (κ3) is 3.94. The van der Waals surface area contributed by atoms with E-state index in [1.807, 2.05) is 0 Å². The zero-order valence-electron chi connectivity index (χ0n) is 18.7. The molecule has 2 aliphatic rings. The number of nitrogens with two attached hydrogens (primary N) is 1. The van der Waals surface area contributed by atoms with Crippen molar-refractivity contribution in [2.24, 2.45) is 11.3 Å². The molecule has 0 aromatic carbocycles. The minimum atomic E-state index is -4.81. The summed E-state index contributed by atoms with van der Waals surface area (Å²) in [5.41, 5.74) is 5.22. The van der Waals surface area contributed by atoms with E-state index < -0.39 is 29.3 Å². The van der Waals surface area contributed by atoms with Gasteiger partial charge in [0.05, 0.1) is 23.5 Å². The molecule has 13 heteroatoms. The molecule has 0 unspecified atom stereocenters. The lowest BCUT2D eigenvalue weighted by atomic mass is 9.57. The van der Waals surface area contributed by atoms with Gasteiger partial charge in [-0.2, -0.15) is 23.0 Å². The van der Waals surface area contributed by atoms with Crippen molar-refractivity contribution in [3.05, 3.63) is 40.2 Å². The minimum Gasteiger partial charge on any atom is -0.481 e. The van der Waals surface area contributed by atoms with Crippen molar-refractivity contribution in [2.45, 2.75) is 38.8 Å². The lowest BCUT2D eigenvalue weighted by Crippen LogP contribution is -2.49. The van der Waals surface area contributed by atoms with Gasteiger partial charge in [-0.15, -0.1) is 0 Å². The Balaban J connectivity index is 1.39. The molecule has 3 aromatic heterocycles. The lowest BCUT2D eigenvalue weighted by molar-refractivity contribution is -0.151. The fourth-order valence-corrected chi connectivity index (χ4v) is 5.07. The molecule has 35 heavy (non-hydrogen) atoms. The van der Waals surface area contributed by atoms with Crippen LogP contribution in [0, 0.1) is 18.3 Å². The number of hydrogen-bond acceptors (Lipinski definition) is 8. The second kappa shape index (κ2) is 7.89. The average molecular weight is 489 g/mol. The number of anilines is 2. The van der Waals surface area contributed by atoms with E-state index in [1.54, 1.807) is 12.1 Å². The van der Waals surface area contributed by atoms with E-state index in [1.165, 1.54) is 13.1 Å². The summed E-state index contributed by atoms with van der Waals surface area (Å²) >= 11 is 0. The molecule has 0 bridgehead atoms. The van der Waals surface area contributed by atoms with Crippen LogP contribution in [0.25, 0.3) is 16.6 Å². The molecular weight excluding hydrogens is 467 g/mol. The normalized spacial score (nSPS) is 18.1. The van der Waals surface area contributed by atoms with Crippen LogP contribution in [0.1, 0.15) is 37.2 Å². The van der Waals surface area contributed by atoms with Gasteiger partial charge < -0.3 is 15.7 Å². The van der Waals surface area contributed by atoms with Crippen molar-refractivity contribution in [1.82, 2.24) is 24.7 Å². The standard InChI is InChI=1S/C22H22F3N7O3/c1-11-16-15(17(26)29-20(28-16)22(23,24)25)18(33)32(30-11)13-2-3-14(27-10-13)31-6-4-21(5-7-31)8-12(9-21)19(34)35/h2-3,10,12H,4-9H2,1H3,(H,34,35)(H2,26,28,29). The van der Waals surface area contributed by atoms with Crippen LogP contribution < -0.4 is 16.2 Å². The SMILES string of the molecule is Cc1nn(-c2ccc(N3CCC4(CC3)CC(C(=O)O)C4)nc2)c(=O)c2c(N)nc(C(F)(F)F)nc12. The van der Waals surface area contributed by atoms with Gasteiger partial charge in [0, 0.05) is 13.1 Å². The number of alkyl halides is 3. The van der Waals surface area contributed by atoms with Crippen molar-refractivity contribution in [3.8, 4) is 5.69 Å². The van der Waals surface area contributed by atoms with E-state index in [9.17, 15) is 22.8 Å². The molecule has 0 amide bonds. The number of carbonyl (C=O) groups is 1. The molecule has 1 saturated carbocycles. The summed E-state index contributed by atoms with van der Waals surface area (Å²) in [4.78, 5) is 37.4. The number of rotatable bonds is 3. The summed E-state index contributed by atoms with van der Waals surface area (Å²) in [7, 11) is 0. The van der Waals surface area contributed by atoms with E-state index in [4.69, 9.17) is 10.8 Å². The number of nitrogen functional groups attached to an aromatic ring is 1. The molecule has 4 heterocycles. The average Bonchev–Trinajstić information content (AvgIpc) is 2.79. The van der Waals surface area contributed by atoms with Gasteiger partial charge >= 0.3 is 12.1 Å². The monoisotopic (exact) mass is 489 g/mol. The maximum absolute atomic E-state index is 13.1. The minimum absolute atomic E-state index is 0.0877. The lowest BCUT2D eigenvalue weighted by Gasteiger charge is -2.51. The predicted octanol–water partition coefficient (Wildman–Crippen LogP) is 2.56. The zero-order valence-corrected chi connectivity index (χ0v) is 18.7. The zero-order chi connectivity index (χ0) is 25.1. The Kier molecular flexibility index (Phi) is 5.18. The van der Waals surface area contributed by atoms with Gasteiger partial charge in [-0.3, -0.25) is 9.59 Å². The van der Waals surface area contributed by atoms with Gasteiger partial charge in [0.2, 0.25) is 5.82 Å². The van der Waals surface area contributed by atoms with Gasteiger partial charge in [0.1, 0.15) is 22.5 Å². The van der Waals surface area contributed by atoms with Gasteiger partial charge in [-0.1, -0.05) is 0 Å². The summed E-state index contributed by atoms with van der Waals surface area (Å²) in [5.74, 6) is -2.26. The quantitative estimate of drug-likeness (QED) is 0.568. The maximum Gasteiger partial charge on any atom is 0.451 e. The third-order valence-electron chi connectivity index (χ3n) is 7.02. The van der Waals surface area contributed by atoms with Crippen LogP contribution in [0.4, 0.5) is 24.8 Å². The second-order valence-corrected chi connectivity index (χ2v) is 9.26. The fourth-order valence-electron chi connectivity index (χ4n) is 5.07. The van der Waals surface area contributed by atoms with Crippen LogP contribution in [0.15, 0.2) is 23.1 Å². The topological polar surface area (TPSA) is 140 Å². The summed E-state index contributed by atoms with van der Waals surface area (Å²) in [6.07, 6.45) is -0.127. The summed E-state index contributed by atoms with van der Waals surface area (Å²) in [5, 5.41) is 13.0. The molecule has 0 atom stereocenters. The van der Waals surface area contributed by atoms with Gasteiger partial charge in [0.15, 0.2) is 0 Å². The first kappa shape index (κ1) is 23.0. The molecule has 3 aromatic rings. The maximum atomic E-state index is 13.1. The highest BCUT2D eigenvalue weighted by molar-refractivity contribution is 5.88. The summed E-state index contributed by atoms with van der Waals surface area (Å²) in [6, 6.07) is 3.39. The van der Waals surface area contributed by atoms with Crippen LogP contribution in [0.2, 0.25) is 0 Å². The van der Waals surface area contributed by atoms with Gasteiger partial charge in [0.25, 0.3) is 5.56 Å². The Morgan fingerprint density at radius 1 is 1.20 bits per heavy atom. The van der Waals surface area contributed by atoms with E-state index in [0.717, 1.165) is 43.5 Å². The van der Waals surface area contributed by atoms with Crippen molar-refractivity contribution < 1.29 is 23.1 Å². The molecule has 10 nitrogen and oxygen atoms in total. The number of fused-ring (bicyclic) bond motifs is 1. The highest BCUT2D eigenvalue weighted by Gasteiger charge is 2.48. The number of hydrogen-bond donors (Lipinski definition) is 2. The molecule has 3 N–H and O–H groups in total. The van der Waals surface area contributed by atoms with Crippen molar-refractivity contribution in [2.75, 3.05) is 23.7 Å². The first-order chi connectivity index (χ1) is 16.5. The number of aromatic nitrogens is 5. The Morgan fingerprint density at radius 2 is 1.89 bits per heavy atom. The van der Waals surface area contributed by atoms with Crippen LogP contribution in [-0.4, -0.2) is 48.9 Å². The molecule has 0 radical (unpaired) electrons. The first-order valence-electron chi connectivity index (χ1n) is 11.1. The van der Waals surface area contributed by atoms with Crippen LogP contribution in [-0.2, 0) is 11.0 Å². The highest BCUT2D eigenvalue weighted by Crippen LogP contribution is 2.52. The van der Waals surface area contributed by atoms with Crippen molar-refractivity contribution >= 4 is 28.5 Å². The number of piperidine rings is 1.